The first kappa shape index (κ1) is 23.8. The number of halogens is 1. The molecule has 0 spiro atoms. The molecule has 0 saturated heterocycles. The smallest absolute Gasteiger partial charge is 0.0552 e. The van der Waals surface area contributed by atoms with Crippen molar-refractivity contribution in [3.05, 3.63) is 0 Å². The fourth-order valence-electron chi connectivity index (χ4n) is 0.984. The molecule has 0 aliphatic rings. The lowest BCUT2D eigenvalue weighted by atomic mass is 10.1. The summed E-state index contributed by atoms with van der Waals surface area (Å²) in [5.41, 5.74) is 0. The minimum absolute atomic E-state index is 0. The predicted octanol–water partition coefficient (Wildman–Crippen LogP) is 3.27. The first-order chi connectivity index (χ1) is 5.74. The molecule has 0 radical (unpaired) electrons. The van der Waals surface area contributed by atoms with Crippen molar-refractivity contribution >= 4 is 11.6 Å². The highest BCUT2D eigenvalue weighted by Gasteiger charge is 2.08. The Morgan fingerprint density at radius 1 is 1.14 bits per heavy atom. The van der Waals surface area contributed by atoms with E-state index in [1.165, 1.54) is 6.38 Å². The van der Waals surface area contributed by atoms with Crippen LogP contribution in [0.3, 0.4) is 0 Å². The summed E-state index contributed by atoms with van der Waals surface area (Å²) in [5, 5.41) is 12.4. The Labute approximate surface area is 96.1 Å². The number of hydrogen-bond donors (Lipinski definition) is 2. The van der Waals surface area contributed by atoms with Crippen LogP contribution in [0.15, 0.2) is 0 Å². The van der Waals surface area contributed by atoms with E-state index < -0.39 is 0 Å². The van der Waals surface area contributed by atoms with Gasteiger partial charge >= 0.3 is 0 Å². The zero-order valence-electron chi connectivity index (χ0n) is 8.60. The van der Waals surface area contributed by atoms with E-state index in [4.69, 9.17) is 0 Å². The van der Waals surface area contributed by atoms with Crippen LogP contribution in [0.1, 0.15) is 48.0 Å². The van der Waals surface area contributed by atoms with Crippen molar-refractivity contribution in [1.82, 2.24) is 5.32 Å². The third-order valence-electron chi connectivity index (χ3n) is 1.93. The summed E-state index contributed by atoms with van der Waals surface area (Å²) in [4.78, 5) is 0. The quantitative estimate of drug-likeness (QED) is 0.707. The third-order valence-corrected chi connectivity index (χ3v) is 1.93. The zero-order valence-corrected chi connectivity index (χ0v) is 9.36. The van der Waals surface area contributed by atoms with Crippen molar-refractivity contribution in [2.75, 3.05) is 13.4 Å². The van der Waals surface area contributed by atoms with Crippen LogP contribution in [-0.2, 0) is 0 Å². The van der Waals surface area contributed by atoms with Crippen molar-refractivity contribution in [2.24, 2.45) is 0 Å². The Morgan fingerprint density at radius 2 is 1.57 bits per heavy atom. The van der Waals surface area contributed by atoms with Crippen molar-refractivity contribution in [3.63, 3.8) is 0 Å². The van der Waals surface area contributed by atoms with Gasteiger partial charge in [0.1, 0.15) is 0 Å². The van der Waals surface area contributed by atoms with Crippen molar-refractivity contribution in [1.29, 1.82) is 0 Å². The van der Waals surface area contributed by atoms with Crippen LogP contribution in [0.5, 0.6) is 0 Å². The molecule has 0 aliphatic heterocycles. The number of nitrogens with one attached hydrogen (secondary N) is 1. The molecule has 0 bridgehead atoms. The second-order valence-electron chi connectivity index (χ2n) is 2.69. The lowest BCUT2D eigenvalue weighted by Crippen LogP contribution is -2.28. The maximum atomic E-state index is 9.25. The summed E-state index contributed by atoms with van der Waals surface area (Å²) in [7, 11) is 1.94. The minimum Gasteiger partial charge on any atom is -0.393 e. The molecule has 0 aromatic carbocycles. The van der Waals surface area contributed by atoms with E-state index in [1.54, 1.807) is 0 Å². The van der Waals surface area contributed by atoms with Gasteiger partial charge in [0.15, 0.2) is 0 Å². The summed E-state index contributed by atoms with van der Waals surface area (Å²) in [6.07, 6.45) is 4.17. The first-order valence-electron chi connectivity index (χ1n) is 4.47. The van der Waals surface area contributed by atoms with Gasteiger partial charge in [0, 0.05) is 12.4 Å². The van der Waals surface area contributed by atoms with Gasteiger partial charge in [0.25, 0.3) is 0 Å². The van der Waals surface area contributed by atoms with Gasteiger partial charge in [0.2, 0.25) is 0 Å². The van der Waals surface area contributed by atoms with E-state index in [0.717, 1.165) is 19.3 Å². The number of aliphatic hydroxyl groups excluding tert-OH is 1. The van der Waals surface area contributed by atoms with Gasteiger partial charge in [-0.05, 0) is 26.3 Å². The Bertz CT molecular complexity index is 77.7. The average Bonchev–Trinajstić information content (AvgIpc) is 2.16. The summed E-state index contributed by atoms with van der Waals surface area (Å²) >= 11 is 4.64. The van der Waals surface area contributed by atoms with Gasteiger partial charge in [-0.25, -0.2) is 0 Å². The molecular formula is C11H30ClNO. The van der Waals surface area contributed by atoms with Gasteiger partial charge in [-0.3, -0.25) is 0 Å². The minimum atomic E-state index is -0.127. The topological polar surface area (TPSA) is 32.3 Å². The Kier molecular flexibility index (Phi) is 32.1. The lowest BCUT2D eigenvalue weighted by Gasteiger charge is -2.16. The van der Waals surface area contributed by atoms with E-state index in [9.17, 15) is 5.11 Å². The summed E-state index contributed by atoms with van der Waals surface area (Å²) in [6.45, 7) is 4.14. The first-order valence-corrected chi connectivity index (χ1v) is 5.23. The molecule has 92 valence electrons. The maximum absolute atomic E-state index is 9.25. The van der Waals surface area contributed by atoms with Crippen molar-refractivity contribution < 1.29 is 5.11 Å². The van der Waals surface area contributed by atoms with Gasteiger partial charge in [-0.1, -0.05) is 28.7 Å². The summed E-state index contributed by atoms with van der Waals surface area (Å²) < 4.78 is 0. The maximum Gasteiger partial charge on any atom is 0.0552 e. The molecule has 0 aromatic heterocycles. The molecule has 2 atom stereocenters. The molecule has 0 amide bonds. The van der Waals surface area contributed by atoms with Crippen LogP contribution in [0.2, 0.25) is 0 Å². The fourth-order valence-corrected chi connectivity index (χ4v) is 0.984. The standard InChI is InChI=1S/C8H19NO.CH3Cl.2CH4/c1-4-7(9-3)6-8(10)5-2;1-2;;/h7-10H,4-6H2,1-3H3;1H3;2*1H4. The van der Waals surface area contributed by atoms with Crippen molar-refractivity contribution in [2.45, 2.75) is 60.1 Å². The lowest BCUT2D eigenvalue weighted by molar-refractivity contribution is 0.145. The Hall–Kier alpha value is 0.210. The summed E-state index contributed by atoms with van der Waals surface area (Å²) in [5.74, 6) is 0. The SMILES string of the molecule is C.C.CCC(O)CC(CC)NC.CCl. The number of rotatable bonds is 5. The third kappa shape index (κ3) is 14.7. The Balaban J connectivity index is -0.000000117. The second kappa shape index (κ2) is 18.9. The van der Waals surface area contributed by atoms with Gasteiger partial charge in [0.05, 0.1) is 6.10 Å². The largest absolute Gasteiger partial charge is 0.393 e. The van der Waals surface area contributed by atoms with Crippen LogP contribution in [0.4, 0.5) is 0 Å². The molecule has 0 saturated carbocycles. The molecule has 2 N–H and O–H groups in total. The molecule has 2 nitrogen and oxygen atoms in total. The zero-order chi connectivity index (χ0) is 9.98. The molecule has 14 heavy (non-hydrogen) atoms. The van der Waals surface area contributed by atoms with Crippen LogP contribution in [0.25, 0.3) is 0 Å². The molecule has 0 aliphatic carbocycles. The molecule has 0 aromatic rings. The highest BCUT2D eigenvalue weighted by Crippen LogP contribution is 2.03. The number of alkyl halides is 1. The normalized spacial score (nSPS) is 12.4. The predicted molar refractivity (Wildman–Crippen MR) is 69.3 cm³/mol. The monoisotopic (exact) mass is 227 g/mol. The second-order valence-corrected chi connectivity index (χ2v) is 2.69. The molecule has 2 unspecified atom stereocenters. The average molecular weight is 228 g/mol. The van der Waals surface area contributed by atoms with Gasteiger partial charge in [-0.15, -0.1) is 11.6 Å². The van der Waals surface area contributed by atoms with E-state index >= 15 is 0 Å². The highest BCUT2D eigenvalue weighted by molar-refractivity contribution is 6.15. The van der Waals surface area contributed by atoms with Gasteiger partial charge < -0.3 is 10.4 Å². The van der Waals surface area contributed by atoms with E-state index in [1.807, 2.05) is 14.0 Å². The molecule has 0 rings (SSSR count). The molecule has 0 heterocycles. The van der Waals surface area contributed by atoms with Crippen LogP contribution >= 0.6 is 11.6 Å². The number of aliphatic hydroxyl groups is 1. The van der Waals surface area contributed by atoms with Crippen LogP contribution in [0, 0.1) is 0 Å². The van der Waals surface area contributed by atoms with E-state index in [-0.39, 0.29) is 21.0 Å². The summed E-state index contributed by atoms with van der Waals surface area (Å²) in [6, 6.07) is 0.481. The molecule has 0 fully saturated rings. The van der Waals surface area contributed by atoms with Crippen LogP contribution in [-0.4, -0.2) is 30.7 Å². The number of hydrogen-bond acceptors (Lipinski definition) is 2. The van der Waals surface area contributed by atoms with Gasteiger partial charge in [-0.2, -0.15) is 0 Å². The fraction of sp³-hybridized carbons (Fsp3) is 1.00. The van der Waals surface area contributed by atoms with Crippen LogP contribution < -0.4 is 5.32 Å². The molecular weight excluding hydrogens is 198 g/mol. The van der Waals surface area contributed by atoms with Crippen molar-refractivity contribution in [3.8, 4) is 0 Å². The highest BCUT2D eigenvalue weighted by atomic mass is 35.5. The van der Waals surface area contributed by atoms with E-state index in [0.29, 0.717) is 6.04 Å². The molecule has 3 heteroatoms. The van der Waals surface area contributed by atoms with E-state index in [2.05, 4.69) is 23.8 Å². The Morgan fingerprint density at radius 3 is 1.79 bits per heavy atom.